The van der Waals surface area contributed by atoms with Crippen molar-refractivity contribution in [2.45, 2.75) is 25.9 Å². The van der Waals surface area contributed by atoms with Gasteiger partial charge >= 0.3 is 0 Å². The van der Waals surface area contributed by atoms with Crippen LogP contribution in [-0.4, -0.2) is 38.3 Å². The van der Waals surface area contributed by atoms with E-state index in [-0.39, 0.29) is 5.91 Å². The third-order valence-electron chi connectivity index (χ3n) is 3.08. The van der Waals surface area contributed by atoms with Gasteiger partial charge in [0.15, 0.2) is 6.10 Å². The Morgan fingerprint density at radius 3 is 2.48 bits per heavy atom. The molecule has 1 aromatic carbocycles. The van der Waals surface area contributed by atoms with Crippen molar-refractivity contribution >= 4 is 33.3 Å². The van der Waals surface area contributed by atoms with Gasteiger partial charge in [-0.15, -0.1) is 0 Å². The van der Waals surface area contributed by atoms with Gasteiger partial charge in [0.25, 0.3) is 16.0 Å². The average Bonchev–Trinajstić information content (AvgIpc) is 2.47. The second-order valence-corrected chi connectivity index (χ2v) is 6.70. The van der Waals surface area contributed by atoms with Crippen molar-refractivity contribution in [3.63, 3.8) is 0 Å². The van der Waals surface area contributed by atoms with Gasteiger partial charge in [0.05, 0.1) is 12.0 Å². The van der Waals surface area contributed by atoms with Crippen LogP contribution in [0.4, 0.5) is 5.69 Å². The van der Waals surface area contributed by atoms with Crippen LogP contribution in [0.15, 0.2) is 29.4 Å². The fourth-order valence-electron chi connectivity index (χ4n) is 1.98. The van der Waals surface area contributed by atoms with Crippen molar-refractivity contribution in [3.05, 3.63) is 29.8 Å². The first kappa shape index (κ1) is 17.1. The minimum absolute atomic E-state index is 0.113. The number of amides is 2. The Morgan fingerprint density at radius 1 is 1.30 bits per heavy atom. The van der Waals surface area contributed by atoms with Crippen LogP contribution in [-0.2, 0) is 23.9 Å². The van der Waals surface area contributed by atoms with Crippen molar-refractivity contribution in [1.29, 1.82) is 0 Å². The molecule has 0 bridgehead atoms. The molecule has 8 nitrogen and oxygen atoms in total. The van der Waals surface area contributed by atoms with Crippen LogP contribution in [0.3, 0.4) is 0 Å². The Balaban J connectivity index is 2.00. The largest absolute Gasteiger partial charge is 0.324 e. The van der Waals surface area contributed by atoms with Gasteiger partial charge in [-0.2, -0.15) is 13.5 Å². The van der Waals surface area contributed by atoms with E-state index in [1.807, 2.05) is 0 Å². The number of hydrazone groups is 1. The molecule has 0 radical (unpaired) electrons. The summed E-state index contributed by atoms with van der Waals surface area (Å²) < 4.78 is 26.6. The summed E-state index contributed by atoms with van der Waals surface area (Å²) >= 11 is 0. The van der Waals surface area contributed by atoms with Crippen LogP contribution in [0.25, 0.3) is 0 Å². The molecule has 0 aliphatic carbocycles. The zero-order chi connectivity index (χ0) is 17.0. The molecule has 1 aliphatic rings. The summed E-state index contributed by atoms with van der Waals surface area (Å²) in [6, 6.07) is 6.85. The first-order valence-electron chi connectivity index (χ1n) is 6.89. The van der Waals surface area contributed by atoms with Crippen molar-refractivity contribution in [2.75, 3.05) is 11.6 Å². The number of hydrogen-bond donors (Lipinski definition) is 2. The summed E-state index contributed by atoms with van der Waals surface area (Å²) in [5.41, 5.74) is 4.52. The van der Waals surface area contributed by atoms with Gasteiger partial charge < -0.3 is 5.32 Å². The van der Waals surface area contributed by atoms with E-state index in [1.54, 1.807) is 24.3 Å². The van der Waals surface area contributed by atoms with Gasteiger partial charge in [0.1, 0.15) is 0 Å². The number of benzene rings is 1. The number of anilines is 1. The number of nitrogens with one attached hydrogen (secondary N) is 2. The van der Waals surface area contributed by atoms with Crippen molar-refractivity contribution in [1.82, 2.24) is 5.43 Å². The SMILES string of the molecule is CC(OS(C)(=O)=O)C(=O)Nc1ccc(C2=NNC(=O)CC2)cc1. The quantitative estimate of drug-likeness (QED) is 0.763. The number of hydrogen-bond acceptors (Lipinski definition) is 6. The highest BCUT2D eigenvalue weighted by Crippen LogP contribution is 2.15. The average molecular weight is 339 g/mol. The minimum Gasteiger partial charge on any atom is -0.324 e. The van der Waals surface area contributed by atoms with Crippen molar-refractivity contribution in [3.8, 4) is 0 Å². The minimum atomic E-state index is -3.70. The van der Waals surface area contributed by atoms with E-state index >= 15 is 0 Å². The lowest BCUT2D eigenvalue weighted by Gasteiger charge is -2.14. The molecule has 1 unspecified atom stereocenters. The Kier molecular flexibility index (Phi) is 5.12. The molecule has 124 valence electrons. The molecule has 1 atom stereocenters. The molecule has 0 saturated heterocycles. The van der Waals surface area contributed by atoms with Gasteiger partial charge in [-0.05, 0) is 24.6 Å². The summed E-state index contributed by atoms with van der Waals surface area (Å²) in [5.74, 6) is -0.678. The van der Waals surface area contributed by atoms with E-state index in [9.17, 15) is 18.0 Å². The molecule has 23 heavy (non-hydrogen) atoms. The van der Waals surface area contributed by atoms with Gasteiger partial charge in [0.2, 0.25) is 5.91 Å². The summed E-state index contributed by atoms with van der Waals surface area (Å²) in [6.07, 6.45) is 0.701. The number of carbonyl (C=O) groups is 2. The van der Waals surface area contributed by atoms with Gasteiger partial charge in [-0.1, -0.05) is 12.1 Å². The molecule has 2 N–H and O–H groups in total. The van der Waals surface area contributed by atoms with E-state index in [2.05, 4.69) is 20.0 Å². The van der Waals surface area contributed by atoms with Gasteiger partial charge in [-0.25, -0.2) is 5.43 Å². The summed E-state index contributed by atoms with van der Waals surface area (Å²) in [4.78, 5) is 22.9. The van der Waals surface area contributed by atoms with Crippen molar-refractivity contribution in [2.24, 2.45) is 5.10 Å². The molecule has 9 heteroatoms. The monoisotopic (exact) mass is 339 g/mol. The molecule has 2 amide bonds. The third-order valence-corrected chi connectivity index (χ3v) is 3.72. The molecular weight excluding hydrogens is 322 g/mol. The molecule has 0 fully saturated rings. The predicted molar refractivity (Wildman–Crippen MR) is 84.4 cm³/mol. The van der Waals surface area contributed by atoms with Crippen molar-refractivity contribution < 1.29 is 22.2 Å². The van der Waals surface area contributed by atoms with Gasteiger partial charge in [0, 0.05) is 18.5 Å². The van der Waals surface area contributed by atoms with E-state index in [0.717, 1.165) is 17.5 Å². The Labute approximate surface area is 134 Å². The third kappa shape index (κ3) is 5.15. The smallest absolute Gasteiger partial charge is 0.265 e. The molecule has 0 spiro atoms. The van der Waals surface area contributed by atoms with Gasteiger partial charge in [-0.3, -0.25) is 13.8 Å². The first-order valence-corrected chi connectivity index (χ1v) is 8.71. The van der Waals surface area contributed by atoms with Crippen LogP contribution in [0.1, 0.15) is 25.3 Å². The second-order valence-electron chi connectivity index (χ2n) is 5.10. The van der Waals surface area contributed by atoms with Crippen LogP contribution >= 0.6 is 0 Å². The standard InChI is InChI=1S/C14H17N3O5S/c1-9(22-23(2,20)21)14(19)15-11-5-3-10(4-6-11)12-7-8-13(18)17-16-12/h3-6,9H,7-8H2,1-2H3,(H,15,19)(H,17,18). The highest BCUT2D eigenvalue weighted by molar-refractivity contribution is 7.86. The lowest BCUT2D eigenvalue weighted by Crippen LogP contribution is -2.29. The van der Waals surface area contributed by atoms with Crippen LogP contribution < -0.4 is 10.7 Å². The molecule has 1 aliphatic heterocycles. The highest BCUT2D eigenvalue weighted by Gasteiger charge is 2.19. The second kappa shape index (κ2) is 6.88. The lowest BCUT2D eigenvalue weighted by molar-refractivity contribution is -0.122. The van der Waals surface area contributed by atoms with Crippen LogP contribution in [0.5, 0.6) is 0 Å². The Hall–Kier alpha value is -2.26. The topological polar surface area (TPSA) is 114 Å². The zero-order valence-electron chi connectivity index (χ0n) is 12.7. The molecule has 1 heterocycles. The zero-order valence-corrected chi connectivity index (χ0v) is 13.5. The maximum absolute atomic E-state index is 11.8. The lowest BCUT2D eigenvalue weighted by atomic mass is 10.0. The fourth-order valence-corrected chi connectivity index (χ4v) is 2.59. The molecule has 0 saturated carbocycles. The normalized spacial score (nSPS) is 16.3. The highest BCUT2D eigenvalue weighted by atomic mass is 32.2. The van der Waals surface area contributed by atoms with E-state index in [1.165, 1.54) is 6.92 Å². The predicted octanol–water partition coefficient (Wildman–Crippen LogP) is 0.604. The molecular formula is C14H17N3O5S. The number of rotatable bonds is 5. The van der Waals surface area contributed by atoms with Crippen LogP contribution in [0.2, 0.25) is 0 Å². The maximum atomic E-state index is 11.8. The molecule has 1 aromatic rings. The molecule has 0 aromatic heterocycles. The summed E-state index contributed by atoms with van der Waals surface area (Å²) in [6.45, 7) is 1.35. The summed E-state index contributed by atoms with van der Waals surface area (Å²) in [5, 5.41) is 6.55. The molecule has 2 rings (SSSR count). The van der Waals surface area contributed by atoms with E-state index < -0.39 is 22.1 Å². The Bertz CT molecular complexity index is 740. The van der Waals surface area contributed by atoms with Crippen LogP contribution in [0, 0.1) is 0 Å². The fraction of sp³-hybridized carbons (Fsp3) is 0.357. The number of nitrogens with zero attached hydrogens (tertiary/aromatic N) is 1. The van der Waals surface area contributed by atoms with E-state index in [0.29, 0.717) is 18.5 Å². The first-order chi connectivity index (χ1) is 10.7. The summed E-state index contributed by atoms with van der Waals surface area (Å²) in [7, 11) is -3.70. The maximum Gasteiger partial charge on any atom is 0.265 e. The van der Waals surface area contributed by atoms with E-state index in [4.69, 9.17) is 0 Å². The number of carbonyl (C=O) groups excluding carboxylic acids is 2. The Morgan fingerprint density at radius 2 is 1.96 bits per heavy atom.